The maximum atomic E-state index is 12.2. The normalized spacial score (nSPS) is 11.2. The van der Waals surface area contributed by atoms with Gasteiger partial charge < -0.3 is 9.30 Å². The van der Waals surface area contributed by atoms with Crippen LogP contribution in [0.3, 0.4) is 0 Å². The van der Waals surface area contributed by atoms with Crippen molar-refractivity contribution in [1.82, 2.24) is 24.3 Å². The average Bonchev–Trinajstić information content (AvgIpc) is 3.41. The van der Waals surface area contributed by atoms with E-state index in [9.17, 15) is 4.79 Å². The van der Waals surface area contributed by atoms with Crippen LogP contribution in [0.25, 0.3) is 28.1 Å². The van der Waals surface area contributed by atoms with Crippen molar-refractivity contribution in [2.45, 2.75) is 40.2 Å². The number of fused-ring (bicyclic) bond motifs is 1. The first-order valence-corrected chi connectivity index (χ1v) is 10.8. The third-order valence-corrected chi connectivity index (χ3v) is 5.10. The third kappa shape index (κ3) is 4.39. The Morgan fingerprint density at radius 1 is 1.10 bits per heavy atom. The first-order chi connectivity index (χ1) is 14.8. The molecule has 8 heteroatoms. The van der Waals surface area contributed by atoms with E-state index in [1.807, 2.05) is 38.1 Å². The van der Waals surface area contributed by atoms with Crippen LogP contribution in [0.5, 0.6) is 0 Å². The van der Waals surface area contributed by atoms with Crippen LogP contribution in [-0.4, -0.2) is 37.4 Å². The van der Waals surface area contributed by atoms with Gasteiger partial charge in [-0.2, -0.15) is 5.10 Å². The standard InChI is InChI=1S/C21H20BrN5O2.C2H6/c1-21(2,3)27-18-8-6-14(22)10-16(18)25-19(27)15-9-13(20(28)29-4)5-7-17(15)26-12-23-11-24-26;1-2/h5-12H,1-4H3;1-2H3. The van der Waals surface area contributed by atoms with E-state index in [0.717, 1.165) is 32.6 Å². The van der Waals surface area contributed by atoms with Crippen molar-refractivity contribution in [3.63, 3.8) is 0 Å². The lowest BCUT2D eigenvalue weighted by Crippen LogP contribution is -2.23. The molecule has 0 saturated heterocycles. The monoisotopic (exact) mass is 483 g/mol. The van der Waals surface area contributed by atoms with Crippen molar-refractivity contribution in [1.29, 1.82) is 0 Å². The maximum absolute atomic E-state index is 12.2. The van der Waals surface area contributed by atoms with Crippen molar-refractivity contribution in [3.05, 3.63) is 59.1 Å². The van der Waals surface area contributed by atoms with E-state index in [1.54, 1.807) is 23.1 Å². The zero-order valence-electron chi connectivity index (χ0n) is 18.5. The molecule has 2 aromatic carbocycles. The number of methoxy groups -OCH3 is 1. The van der Waals surface area contributed by atoms with Crippen LogP contribution in [0.15, 0.2) is 53.5 Å². The molecular formula is C23H26BrN5O2. The summed E-state index contributed by atoms with van der Waals surface area (Å²) in [5, 5.41) is 4.27. The molecular weight excluding hydrogens is 458 g/mol. The summed E-state index contributed by atoms with van der Waals surface area (Å²) < 4.78 is 9.71. The molecule has 2 aromatic heterocycles. The number of hydrogen-bond donors (Lipinski definition) is 0. The fourth-order valence-electron chi connectivity index (χ4n) is 3.41. The Labute approximate surface area is 190 Å². The summed E-state index contributed by atoms with van der Waals surface area (Å²) in [6.07, 6.45) is 3.10. The number of benzene rings is 2. The number of aromatic nitrogens is 5. The second-order valence-corrected chi connectivity index (χ2v) is 8.55. The number of carbonyl (C=O) groups excluding carboxylic acids is 1. The summed E-state index contributed by atoms with van der Waals surface area (Å²) in [5.41, 5.74) is 3.59. The molecule has 0 radical (unpaired) electrons. The minimum Gasteiger partial charge on any atom is -0.465 e. The van der Waals surface area contributed by atoms with Gasteiger partial charge in [-0.1, -0.05) is 29.8 Å². The lowest BCUT2D eigenvalue weighted by molar-refractivity contribution is 0.0601. The Bertz CT molecular complexity index is 1210. The van der Waals surface area contributed by atoms with Gasteiger partial charge >= 0.3 is 5.97 Å². The van der Waals surface area contributed by atoms with E-state index < -0.39 is 5.97 Å². The van der Waals surface area contributed by atoms with E-state index >= 15 is 0 Å². The molecule has 0 N–H and O–H groups in total. The van der Waals surface area contributed by atoms with Gasteiger partial charge in [-0.15, -0.1) is 0 Å². The molecule has 0 amide bonds. The minimum atomic E-state index is -0.405. The van der Waals surface area contributed by atoms with E-state index in [-0.39, 0.29) is 5.54 Å². The highest BCUT2D eigenvalue weighted by Crippen LogP contribution is 2.35. The zero-order valence-corrected chi connectivity index (χ0v) is 20.1. The molecule has 0 bridgehead atoms. The van der Waals surface area contributed by atoms with E-state index in [2.05, 4.69) is 51.4 Å². The number of imidazole rings is 1. The van der Waals surface area contributed by atoms with Gasteiger partial charge in [0.25, 0.3) is 0 Å². The highest BCUT2D eigenvalue weighted by molar-refractivity contribution is 9.10. The largest absolute Gasteiger partial charge is 0.465 e. The number of nitrogens with zero attached hydrogens (tertiary/aromatic N) is 5. The number of carbonyl (C=O) groups is 1. The number of halogens is 1. The molecule has 0 atom stereocenters. The molecule has 0 unspecified atom stereocenters. The Morgan fingerprint density at radius 2 is 1.84 bits per heavy atom. The highest BCUT2D eigenvalue weighted by atomic mass is 79.9. The Kier molecular flexibility index (Phi) is 6.59. The Balaban J connectivity index is 0.00000132. The van der Waals surface area contributed by atoms with Crippen LogP contribution < -0.4 is 0 Å². The van der Waals surface area contributed by atoms with Gasteiger partial charge in [0.1, 0.15) is 18.5 Å². The van der Waals surface area contributed by atoms with Gasteiger partial charge in [0.05, 0.1) is 29.4 Å². The topological polar surface area (TPSA) is 74.8 Å². The highest BCUT2D eigenvalue weighted by Gasteiger charge is 2.25. The van der Waals surface area contributed by atoms with Gasteiger partial charge in [-0.25, -0.2) is 19.4 Å². The molecule has 162 valence electrons. The molecule has 0 aliphatic carbocycles. The molecule has 4 aromatic rings. The van der Waals surface area contributed by atoms with Crippen molar-refractivity contribution in [2.24, 2.45) is 0 Å². The minimum absolute atomic E-state index is 0.251. The van der Waals surface area contributed by atoms with Crippen molar-refractivity contribution < 1.29 is 9.53 Å². The Hall–Kier alpha value is -3.00. The average molecular weight is 484 g/mol. The van der Waals surface area contributed by atoms with Crippen molar-refractivity contribution in [3.8, 4) is 17.1 Å². The van der Waals surface area contributed by atoms with Gasteiger partial charge in [0, 0.05) is 15.6 Å². The molecule has 0 spiro atoms. The van der Waals surface area contributed by atoms with Crippen LogP contribution in [0.1, 0.15) is 45.0 Å². The lowest BCUT2D eigenvalue weighted by Gasteiger charge is -2.25. The van der Waals surface area contributed by atoms with Crippen LogP contribution in [0, 0.1) is 0 Å². The molecule has 0 aliphatic rings. The first kappa shape index (κ1) is 22.7. The maximum Gasteiger partial charge on any atom is 0.337 e. The predicted molar refractivity (Wildman–Crippen MR) is 125 cm³/mol. The second-order valence-electron chi connectivity index (χ2n) is 7.64. The number of esters is 1. The Morgan fingerprint density at radius 3 is 2.45 bits per heavy atom. The first-order valence-electron chi connectivity index (χ1n) is 10.1. The fraction of sp³-hybridized carbons (Fsp3) is 0.304. The summed E-state index contributed by atoms with van der Waals surface area (Å²) in [4.78, 5) is 21.2. The molecule has 0 aliphatic heterocycles. The van der Waals surface area contributed by atoms with Gasteiger partial charge in [-0.05, 0) is 57.2 Å². The number of ether oxygens (including phenoxy) is 1. The SMILES string of the molecule is CC.COC(=O)c1ccc(-n2cncn2)c(-c2nc3cc(Br)ccc3n2C(C)(C)C)c1. The number of hydrogen-bond acceptors (Lipinski definition) is 5. The van der Waals surface area contributed by atoms with Crippen LogP contribution >= 0.6 is 15.9 Å². The van der Waals surface area contributed by atoms with Crippen molar-refractivity contribution >= 4 is 32.9 Å². The summed E-state index contributed by atoms with van der Waals surface area (Å²) in [6.45, 7) is 10.4. The molecule has 31 heavy (non-hydrogen) atoms. The molecule has 0 saturated carbocycles. The third-order valence-electron chi connectivity index (χ3n) is 4.61. The quantitative estimate of drug-likeness (QED) is 0.353. The second kappa shape index (κ2) is 9.01. The summed E-state index contributed by atoms with van der Waals surface area (Å²) in [6, 6.07) is 11.4. The predicted octanol–water partition coefficient (Wildman–Crippen LogP) is 5.61. The fourth-order valence-corrected chi connectivity index (χ4v) is 3.75. The molecule has 0 fully saturated rings. The summed E-state index contributed by atoms with van der Waals surface area (Å²) >= 11 is 3.53. The van der Waals surface area contributed by atoms with Crippen LogP contribution in [0.4, 0.5) is 0 Å². The smallest absolute Gasteiger partial charge is 0.337 e. The molecule has 2 heterocycles. The molecule has 4 rings (SSSR count). The van der Waals surface area contributed by atoms with Gasteiger partial charge in [0.15, 0.2) is 0 Å². The van der Waals surface area contributed by atoms with Gasteiger partial charge in [-0.3, -0.25) is 0 Å². The molecule has 7 nitrogen and oxygen atoms in total. The number of rotatable bonds is 3. The van der Waals surface area contributed by atoms with Crippen molar-refractivity contribution in [2.75, 3.05) is 7.11 Å². The lowest BCUT2D eigenvalue weighted by atomic mass is 10.0. The van der Waals surface area contributed by atoms with E-state index in [1.165, 1.54) is 13.4 Å². The van der Waals surface area contributed by atoms with Crippen LogP contribution in [-0.2, 0) is 10.3 Å². The summed E-state index contributed by atoms with van der Waals surface area (Å²) in [5.74, 6) is 0.333. The van der Waals surface area contributed by atoms with E-state index in [4.69, 9.17) is 9.72 Å². The van der Waals surface area contributed by atoms with E-state index in [0.29, 0.717) is 5.56 Å². The van der Waals surface area contributed by atoms with Gasteiger partial charge in [0.2, 0.25) is 0 Å². The van der Waals surface area contributed by atoms with Crippen LogP contribution in [0.2, 0.25) is 0 Å². The summed E-state index contributed by atoms with van der Waals surface area (Å²) in [7, 11) is 1.37. The zero-order chi connectivity index (χ0) is 22.8.